The summed E-state index contributed by atoms with van der Waals surface area (Å²) >= 11 is 6.01. The molecule has 0 saturated heterocycles. The summed E-state index contributed by atoms with van der Waals surface area (Å²) in [6, 6.07) is 12.3. The van der Waals surface area contributed by atoms with Gasteiger partial charge >= 0.3 is 0 Å². The fraction of sp³-hybridized carbons (Fsp3) is 0.136. The summed E-state index contributed by atoms with van der Waals surface area (Å²) in [6.07, 6.45) is 0.713. The van der Waals surface area contributed by atoms with Gasteiger partial charge in [-0.25, -0.2) is 4.98 Å². The van der Waals surface area contributed by atoms with Crippen LogP contribution in [0.2, 0.25) is 5.02 Å². The Labute approximate surface area is 188 Å². The molecule has 0 aliphatic heterocycles. The van der Waals surface area contributed by atoms with Gasteiger partial charge in [0.1, 0.15) is 17.2 Å². The van der Waals surface area contributed by atoms with Crippen LogP contribution in [-0.4, -0.2) is 32.4 Å². The van der Waals surface area contributed by atoms with E-state index in [0.717, 1.165) is 5.56 Å². The number of H-pyrrole nitrogens is 2. The normalized spacial score (nSPS) is 12.8. The number of pyridine rings is 1. The first-order valence-corrected chi connectivity index (χ1v) is 10.2. The van der Waals surface area contributed by atoms with E-state index in [-0.39, 0.29) is 17.9 Å². The van der Waals surface area contributed by atoms with Gasteiger partial charge in [0.25, 0.3) is 5.56 Å². The lowest BCUT2D eigenvalue weighted by Gasteiger charge is -2.15. The fourth-order valence-electron chi connectivity index (χ4n) is 3.53. The lowest BCUT2D eigenvalue weighted by Crippen LogP contribution is -2.17. The molecule has 0 fully saturated rings. The molecule has 1 atom stereocenters. The highest BCUT2D eigenvalue weighted by molar-refractivity contribution is 6.30. The number of rotatable bonds is 6. The number of aliphatic hydroxyl groups excluding tert-OH is 1. The third-order valence-electron chi connectivity index (χ3n) is 5.13. The van der Waals surface area contributed by atoms with Gasteiger partial charge in [-0.3, -0.25) is 4.79 Å². The van der Waals surface area contributed by atoms with Crippen molar-refractivity contribution in [1.29, 1.82) is 0 Å². The van der Waals surface area contributed by atoms with E-state index in [2.05, 4.69) is 25.4 Å². The summed E-state index contributed by atoms with van der Waals surface area (Å²) in [4.78, 5) is 23.2. The molecule has 0 saturated carbocycles. The van der Waals surface area contributed by atoms with E-state index in [0.29, 0.717) is 44.3 Å². The number of aromatic nitrogens is 3. The van der Waals surface area contributed by atoms with Crippen molar-refractivity contribution in [2.45, 2.75) is 13.0 Å². The quantitative estimate of drug-likeness (QED) is 0.114. The van der Waals surface area contributed by atoms with Crippen LogP contribution in [0.4, 0.5) is 5.69 Å². The second kappa shape index (κ2) is 8.74. The molecule has 0 amide bonds. The number of fused-ring (bicyclic) bond motifs is 1. The summed E-state index contributed by atoms with van der Waals surface area (Å²) in [5.74, 6) is 5.87. The lowest BCUT2D eigenvalue weighted by atomic mass is 10.1. The molecule has 0 bridgehead atoms. The van der Waals surface area contributed by atoms with Crippen molar-refractivity contribution in [1.82, 2.24) is 15.0 Å². The van der Waals surface area contributed by atoms with Gasteiger partial charge in [-0.1, -0.05) is 23.7 Å². The maximum absolute atomic E-state index is 12.7. The lowest BCUT2D eigenvalue weighted by molar-refractivity contribution is 0.191. The zero-order valence-corrected chi connectivity index (χ0v) is 17.9. The zero-order chi connectivity index (χ0) is 22.8. The number of nitrogens with zero attached hydrogens (tertiary/aromatic N) is 2. The largest absolute Gasteiger partial charge is 0.387 e. The predicted molar refractivity (Wildman–Crippen MR) is 127 cm³/mol. The summed E-state index contributed by atoms with van der Waals surface area (Å²) in [5.41, 5.74) is 9.92. The number of hydrogen-bond acceptors (Lipinski definition) is 6. The van der Waals surface area contributed by atoms with Gasteiger partial charge in [0.15, 0.2) is 0 Å². The van der Waals surface area contributed by atoms with Crippen molar-refractivity contribution >= 4 is 34.2 Å². The number of imidazole rings is 1. The molecule has 0 aliphatic carbocycles. The Balaban J connectivity index is 1.69. The molecular formula is C22H22ClN7O2. The third kappa shape index (κ3) is 4.16. The zero-order valence-electron chi connectivity index (χ0n) is 17.2. The number of nitrogens with two attached hydrogens (primary N) is 2. The van der Waals surface area contributed by atoms with Gasteiger partial charge in [0, 0.05) is 23.3 Å². The number of aliphatic hydroxyl groups is 1. The van der Waals surface area contributed by atoms with Crippen molar-refractivity contribution in [3.05, 3.63) is 80.7 Å². The molecule has 4 rings (SSSR count). The molecule has 32 heavy (non-hydrogen) atoms. The van der Waals surface area contributed by atoms with Crippen LogP contribution in [0.1, 0.15) is 22.8 Å². The molecule has 10 heteroatoms. The van der Waals surface area contributed by atoms with Crippen molar-refractivity contribution in [2.24, 2.45) is 16.7 Å². The Hall–Kier alpha value is -3.82. The minimum Gasteiger partial charge on any atom is -0.387 e. The average Bonchev–Trinajstić information content (AvgIpc) is 3.21. The minimum absolute atomic E-state index is 0.170. The second-order valence-electron chi connectivity index (χ2n) is 7.34. The van der Waals surface area contributed by atoms with Crippen LogP contribution < -0.4 is 22.5 Å². The summed E-state index contributed by atoms with van der Waals surface area (Å²) in [5, 5.41) is 17.7. The SMILES string of the molecule is Cc1cc(/C(N)=N/N)cc2[nH]c(-c3c(NCC(O)c4cccc(Cl)c4)cc[nH]c3=O)nc12. The Morgan fingerprint density at radius 1 is 1.31 bits per heavy atom. The smallest absolute Gasteiger partial charge is 0.261 e. The van der Waals surface area contributed by atoms with Crippen molar-refractivity contribution in [3.8, 4) is 11.4 Å². The molecule has 2 aromatic carbocycles. The number of hydrazone groups is 1. The molecular weight excluding hydrogens is 430 g/mol. The number of aromatic amines is 2. The van der Waals surface area contributed by atoms with Crippen LogP contribution in [0.3, 0.4) is 0 Å². The van der Waals surface area contributed by atoms with Crippen LogP contribution in [0, 0.1) is 6.92 Å². The van der Waals surface area contributed by atoms with E-state index in [1.54, 1.807) is 36.4 Å². The highest BCUT2D eigenvalue weighted by Crippen LogP contribution is 2.27. The topological polar surface area (TPSA) is 158 Å². The van der Waals surface area contributed by atoms with Gasteiger partial charge < -0.3 is 32.0 Å². The molecule has 4 aromatic rings. The summed E-state index contributed by atoms with van der Waals surface area (Å²) in [6.45, 7) is 2.06. The van der Waals surface area contributed by atoms with E-state index in [4.69, 9.17) is 23.2 Å². The van der Waals surface area contributed by atoms with E-state index in [1.165, 1.54) is 6.20 Å². The molecule has 1 unspecified atom stereocenters. The molecule has 2 heterocycles. The van der Waals surface area contributed by atoms with Crippen molar-refractivity contribution < 1.29 is 5.11 Å². The monoisotopic (exact) mass is 451 g/mol. The number of nitrogens with one attached hydrogen (secondary N) is 3. The van der Waals surface area contributed by atoms with Gasteiger partial charge in [-0.15, -0.1) is 0 Å². The number of benzene rings is 2. The first-order chi connectivity index (χ1) is 15.4. The second-order valence-corrected chi connectivity index (χ2v) is 7.77. The average molecular weight is 452 g/mol. The third-order valence-corrected chi connectivity index (χ3v) is 5.36. The predicted octanol–water partition coefficient (Wildman–Crippen LogP) is 2.60. The van der Waals surface area contributed by atoms with Crippen LogP contribution >= 0.6 is 11.6 Å². The number of aryl methyl sites for hydroxylation is 1. The van der Waals surface area contributed by atoms with Gasteiger partial charge in [0.2, 0.25) is 0 Å². The molecule has 0 radical (unpaired) electrons. The van der Waals surface area contributed by atoms with E-state index in [1.807, 2.05) is 13.0 Å². The molecule has 9 nitrogen and oxygen atoms in total. The number of anilines is 1. The standard InChI is InChI=1S/C22H22ClN7O2/c1-11-7-13(20(24)30-25)9-16-19(11)29-21(28-16)18-15(5-6-26-22(18)32)27-10-17(31)12-3-2-4-14(23)8-12/h2-9,17,31H,10,25H2,1H3,(H2,24,30)(H,28,29)(H2,26,27,32). The number of amidine groups is 1. The molecule has 164 valence electrons. The van der Waals surface area contributed by atoms with E-state index in [9.17, 15) is 9.90 Å². The first-order valence-electron chi connectivity index (χ1n) is 9.81. The number of hydrogen-bond donors (Lipinski definition) is 6. The Morgan fingerprint density at radius 2 is 2.12 bits per heavy atom. The summed E-state index contributed by atoms with van der Waals surface area (Å²) in [7, 11) is 0. The number of halogens is 1. The van der Waals surface area contributed by atoms with Gasteiger partial charge in [-0.05, 0) is 48.4 Å². The molecule has 0 aliphatic rings. The fourth-order valence-corrected chi connectivity index (χ4v) is 3.73. The van der Waals surface area contributed by atoms with E-state index < -0.39 is 6.10 Å². The van der Waals surface area contributed by atoms with Crippen molar-refractivity contribution in [3.63, 3.8) is 0 Å². The van der Waals surface area contributed by atoms with E-state index >= 15 is 0 Å². The Bertz CT molecular complexity index is 1380. The van der Waals surface area contributed by atoms with Crippen LogP contribution in [0.15, 0.2) is 58.6 Å². The maximum atomic E-state index is 12.7. The first kappa shape index (κ1) is 21.4. The van der Waals surface area contributed by atoms with Crippen LogP contribution in [-0.2, 0) is 0 Å². The molecule has 0 spiro atoms. The van der Waals surface area contributed by atoms with Crippen LogP contribution in [0.5, 0.6) is 0 Å². The Kier molecular flexibility index (Phi) is 5.85. The van der Waals surface area contributed by atoms with Gasteiger partial charge in [-0.2, -0.15) is 5.10 Å². The molecule has 8 N–H and O–H groups in total. The maximum Gasteiger partial charge on any atom is 0.261 e. The molecule has 2 aromatic heterocycles. The minimum atomic E-state index is -0.820. The highest BCUT2D eigenvalue weighted by atomic mass is 35.5. The summed E-state index contributed by atoms with van der Waals surface area (Å²) < 4.78 is 0. The highest BCUT2D eigenvalue weighted by Gasteiger charge is 2.17. The van der Waals surface area contributed by atoms with Gasteiger partial charge in [0.05, 0.1) is 22.8 Å². The Morgan fingerprint density at radius 3 is 2.88 bits per heavy atom. The van der Waals surface area contributed by atoms with Crippen molar-refractivity contribution in [2.75, 3.05) is 11.9 Å². The van der Waals surface area contributed by atoms with Crippen LogP contribution in [0.25, 0.3) is 22.4 Å².